The molecule has 0 fully saturated rings. The predicted octanol–water partition coefficient (Wildman–Crippen LogP) is 3.30. The molecule has 0 saturated carbocycles. The molecular formula is C15H15N3. The van der Waals surface area contributed by atoms with Gasteiger partial charge in [-0.3, -0.25) is 4.98 Å². The molecule has 0 unspecified atom stereocenters. The van der Waals surface area contributed by atoms with Crippen molar-refractivity contribution in [3.8, 4) is 0 Å². The largest absolute Gasteiger partial charge is 0.255 e. The first kappa shape index (κ1) is 11.1. The fraction of sp³-hybridized carbons (Fsp3) is 0.267. The van der Waals surface area contributed by atoms with Crippen molar-refractivity contribution in [1.29, 1.82) is 0 Å². The molecule has 0 amide bonds. The summed E-state index contributed by atoms with van der Waals surface area (Å²) in [5.41, 5.74) is 4.76. The third-order valence-electron chi connectivity index (χ3n) is 3.46. The molecular weight excluding hydrogens is 222 g/mol. The van der Waals surface area contributed by atoms with E-state index in [1.807, 2.05) is 18.5 Å². The van der Waals surface area contributed by atoms with E-state index < -0.39 is 0 Å². The molecule has 3 rings (SSSR count). The van der Waals surface area contributed by atoms with Gasteiger partial charge in [0, 0.05) is 23.2 Å². The minimum atomic E-state index is 0.988. The van der Waals surface area contributed by atoms with Crippen LogP contribution in [-0.4, -0.2) is 15.0 Å². The second-order valence-electron chi connectivity index (χ2n) is 4.35. The van der Waals surface area contributed by atoms with Crippen molar-refractivity contribution in [3.63, 3.8) is 0 Å². The maximum Gasteiger partial charge on any atom is 0.116 e. The van der Waals surface area contributed by atoms with Gasteiger partial charge in [-0.25, -0.2) is 9.97 Å². The summed E-state index contributed by atoms with van der Waals surface area (Å²) in [5.74, 6) is 0. The quantitative estimate of drug-likeness (QED) is 0.642. The third-order valence-corrected chi connectivity index (χ3v) is 3.46. The molecule has 0 aliphatic carbocycles. The molecule has 0 atom stereocenters. The number of pyridine rings is 1. The molecule has 0 aliphatic rings. The van der Waals surface area contributed by atoms with Gasteiger partial charge in [-0.15, -0.1) is 0 Å². The number of rotatable bonds is 2. The predicted molar refractivity (Wildman–Crippen MR) is 73.6 cm³/mol. The number of aryl methyl sites for hydroxylation is 2. The summed E-state index contributed by atoms with van der Waals surface area (Å²) in [5, 5.41) is 2.29. The van der Waals surface area contributed by atoms with Crippen LogP contribution in [0.1, 0.15) is 25.0 Å². The van der Waals surface area contributed by atoms with Crippen molar-refractivity contribution < 1.29 is 0 Å². The van der Waals surface area contributed by atoms with Gasteiger partial charge in [-0.2, -0.15) is 0 Å². The third kappa shape index (κ3) is 1.47. The van der Waals surface area contributed by atoms with Crippen LogP contribution in [0.15, 0.2) is 30.9 Å². The Balaban J connectivity index is 2.61. The molecule has 0 spiro atoms. The molecule has 0 bridgehead atoms. The van der Waals surface area contributed by atoms with E-state index in [1.54, 1.807) is 6.33 Å². The highest BCUT2D eigenvalue weighted by atomic mass is 14.8. The van der Waals surface area contributed by atoms with Gasteiger partial charge in [0.1, 0.15) is 6.33 Å². The minimum Gasteiger partial charge on any atom is -0.255 e. The van der Waals surface area contributed by atoms with Crippen LogP contribution < -0.4 is 0 Å². The van der Waals surface area contributed by atoms with E-state index in [2.05, 4.69) is 34.9 Å². The summed E-state index contributed by atoms with van der Waals surface area (Å²) in [6.45, 7) is 4.37. The van der Waals surface area contributed by atoms with E-state index in [0.29, 0.717) is 0 Å². The Bertz CT molecular complexity index is 657. The molecule has 0 saturated heterocycles. The highest BCUT2D eigenvalue weighted by Crippen LogP contribution is 2.30. The second-order valence-corrected chi connectivity index (χ2v) is 4.35. The summed E-state index contributed by atoms with van der Waals surface area (Å²) in [6.07, 6.45) is 7.32. The van der Waals surface area contributed by atoms with Crippen molar-refractivity contribution in [2.75, 3.05) is 0 Å². The fourth-order valence-corrected chi connectivity index (χ4v) is 2.70. The van der Waals surface area contributed by atoms with E-state index in [1.165, 1.54) is 16.5 Å². The molecule has 0 radical (unpaired) electrons. The topological polar surface area (TPSA) is 38.7 Å². The van der Waals surface area contributed by atoms with Crippen LogP contribution in [0, 0.1) is 0 Å². The van der Waals surface area contributed by atoms with Crippen molar-refractivity contribution in [1.82, 2.24) is 15.0 Å². The summed E-state index contributed by atoms with van der Waals surface area (Å²) in [7, 11) is 0. The Morgan fingerprint density at radius 3 is 2.56 bits per heavy atom. The Morgan fingerprint density at radius 1 is 0.944 bits per heavy atom. The van der Waals surface area contributed by atoms with E-state index in [0.717, 1.165) is 29.3 Å². The second kappa shape index (κ2) is 4.33. The van der Waals surface area contributed by atoms with Crippen LogP contribution in [0.4, 0.5) is 0 Å². The van der Waals surface area contributed by atoms with Crippen molar-refractivity contribution in [2.24, 2.45) is 0 Å². The van der Waals surface area contributed by atoms with Gasteiger partial charge in [0.05, 0.1) is 11.0 Å². The lowest BCUT2D eigenvalue weighted by molar-refractivity contribution is 1.05. The number of nitrogens with zero attached hydrogens (tertiary/aromatic N) is 3. The molecule has 3 nitrogen and oxygen atoms in total. The fourth-order valence-electron chi connectivity index (χ4n) is 2.70. The average molecular weight is 237 g/mol. The number of benzene rings is 1. The molecule has 0 N–H and O–H groups in total. The van der Waals surface area contributed by atoms with Crippen molar-refractivity contribution in [2.45, 2.75) is 26.7 Å². The minimum absolute atomic E-state index is 0.988. The van der Waals surface area contributed by atoms with Gasteiger partial charge >= 0.3 is 0 Å². The number of hydrogen-bond donors (Lipinski definition) is 0. The monoisotopic (exact) mass is 237 g/mol. The van der Waals surface area contributed by atoms with Gasteiger partial charge in [0.25, 0.3) is 0 Å². The molecule has 1 aromatic carbocycles. The summed E-state index contributed by atoms with van der Waals surface area (Å²) in [6, 6.07) is 4.14. The van der Waals surface area contributed by atoms with Gasteiger partial charge in [0.2, 0.25) is 0 Å². The first-order valence-corrected chi connectivity index (χ1v) is 6.35. The molecule has 2 heterocycles. The Morgan fingerprint density at radius 2 is 1.78 bits per heavy atom. The van der Waals surface area contributed by atoms with Crippen LogP contribution in [-0.2, 0) is 12.8 Å². The van der Waals surface area contributed by atoms with Gasteiger partial charge in [0.15, 0.2) is 0 Å². The first-order chi connectivity index (χ1) is 8.86. The van der Waals surface area contributed by atoms with Crippen LogP contribution in [0.2, 0.25) is 0 Å². The zero-order valence-electron chi connectivity index (χ0n) is 10.6. The lowest BCUT2D eigenvalue weighted by atomic mass is 9.94. The average Bonchev–Trinajstić information content (AvgIpc) is 2.45. The van der Waals surface area contributed by atoms with Crippen molar-refractivity contribution in [3.05, 3.63) is 42.0 Å². The maximum absolute atomic E-state index is 4.51. The van der Waals surface area contributed by atoms with Crippen LogP contribution >= 0.6 is 0 Å². The lowest BCUT2D eigenvalue weighted by Crippen LogP contribution is -1.98. The normalized spacial score (nSPS) is 11.2. The Kier molecular flexibility index (Phi) is 2.67. The van der Waals surface area contributed by atoms with Crippen molar-refractivity contribution >= 4 is 21.8 Å². The van der Waals surface area contributed by atoms with E-state index in [4.69, 9.17) is 0 Å². The van der Waals surface area contributed by atoms with Gasteiger partial charge in [-0.1, -0.05) is 19.9 Å². The maximum atomic E-state index is 4.51. The van der Waals surface area contributed by atoms with Gasteiger partial charge < -0.3 is 0 Å². The standard InChI is InChI=1S/C15H15N3/c1-3-10-11(4-2)14-13(8-16-9-18-14)15-12(10)6-5-7-17-15/h5-9H,3-4H2,1-2H3. The highest BCUT2D eigenvalue weighted by Gasteiger charge is 2.13. The molecule has 3 aromatic rings. The number of hydrogen-bond acceptors (Lipinski definition) is 3. The number of fused-ring (bicyclic) bond motifs is 3. The Hall–Kier alpha value is -2.03. The smallest absolute Gasteiger partial charge is 0.116 e. The molecule has 90 valence electrons. The molecule has 2 aromatic heterocycles. The first-order valence-electron chi connectivity index (χ1n) is 6.35. The molecule has 18 heavy (non-hydrogen) atoms. The van der Waals surface area contributed by atoms with E-state index >= 15 is 0 Å². The molecule has 3 heteroatoms. The Labute approximate surface area is 106 Å². The van der Waals surface area contributed by atoms with Crippen LogP contribution in [0.25, 0.3) is 21.8 Å². The van der Waals surface area contributed by atoms with Crippen LogP contribution in [0.3, 0.4) is 0 Å². The lowest BCUT2D eigenvalue weighted by Gasteiger charge is -2.13. The van der Waals surface area contributed by atoms with Crippen LogP contribution in [0.5, 0.6) is 0 Å². The van der Waals surface area contributed by atoms with E-state index in [-0.39, 0.29) is 0 Å². The van der Waals surface area contributed by atoms with E-state index in [9.17, 15) is 0 Å². The molecule has 0 aliphatic heterocycles. The zero-order valence-corrected chi connectivity index (χ0v) is 10.6. The zero-order chi connectivity index (χ0) is 12.5. The summed E-state index contributed by atoms with van der Waals surface area (Å²) in [4.78, 5) is 13.1. The summed E-state index contributed by atoms with van der Waals surface area (Å²) < 4.78 is 0. The number of aromatic nitrogens is 3. The summed E-state index contributed by atoms with van der Waals surface area (Å²) >= 11 is 0. The SMILES string of the molecule is CCc1c(CC)c2ncncc2c2ncccc12. The van der Waals surface area contributed by atoms with Gasteiger partial charge in [-0.05, 0) is 30.0 Å². The highest BCUT2D eigenvalue weighted by molar-refractivity contribution is 6.06.